The maximum absolute atomic E-state index is 12.8. The molecule has 1 atom stereocenters. The Morgan fingerprint density at radius 1 is 1.33 bits per heavy atom. The minimum atomic E-state index is -0.0477. The van der Waals surface area contributed by atoms with Crippen LogP contribution in [0.1, 0.15) is 34.9 Å². The van der Waals surface area contributed by atoms with E-state index >= 15 is 0 Å². The standard InChI is InChI=1S/C17H19ClN4O.ClH/c18-13-4-3-12-5-8-21(16(12)10-13)17(23)15-6-9-22(20-15)14-2-1-7-19-11-14;/h3-4,6,9-10,14,19H,1-2,5,7-8,11H2;1H. The van der Waals surface area contributed by atoms with Crippen molar-refractivity contribution in [1.82, 2.24) is 15.1 Å². The Morgan fingerprint density at radius 3 is 3.00 bits per heavy atom. The number of carbonyl (C=O) groups is 1. The molecule has 2 aliphatic heterocycles. The van der Waals surface area contributed by atoms with Crippen molar-refractivity contribution in [2.75, 3.05) is 24.5 Å². The lowest BCUT2D eigenvalue weighted by Gasteiger charge is -2.23. The van der Waals surface area contributed by atoms with Crippen LogP contribution in [0, 0.1) is 0 Å². The number of nitrogens with zero attached hydrogens (tertiary/aromatic N) is 3. The molecule has 24 heavy (non-hydrogen) atoms. The molecule has 0 saturated carbocycles. The van der Waals surface area contributed by atoms with E-state index in [2.05, 4.69) is 10.4 Å². The second-order valence-electron chi connectivity index (χ2n) is 6.16. The smallest absolute Gasteiger partial charge is 0.278 e. The number of aromatic nitrogens is 2. The molecule has 0 aliphatic carbocycles. The summed E-state index contributed by atoms with van der Waals surface area (Å²) in [6.45, 7) is 2.67. The first-order valence-corrected chi connectivity index (χ1v) is 8.46. The van der Waals surface area contributed by atoms with Crippen molar-refractivity contribution in [2.24, 2.45) is 0 Å². The SMILES string of the molecule is Cl.O=C(c1ccn(C2CCCNC2)n1)N1CCc2ccc(Cl)cc21. The van der Waals surface area contributed by atoms with E-state index in [0.29, 0.717) is 23.3 Å². The Labute approximate surface area is 152 Å². The second kappa shape index (κ2) is 7.13. The maximum Gasteiger partial charge on any atom is 0.278 e. The molecule has 1 unspecified atom stereocenters. The van der Waals surface area contributed by atoms with Gasteiger partial charge in [-0.25, -0.2) is 0 Å². The molecule has 0 spiro atoms. The third-order valence-corrected chi connectivity index (χ3v) is 4.90. The largest absolute Gasteiger partial charge is 0.315 e. The quantitative estimate of drug-likeness (QED) is 0.888. The molecule has 1 fully saturated rings. The van der Waals surface area contributed by atoms with Gasteiger partial charge in [-0.1, -0.05) is 17.7 Å². The fraction of sp³-hybridized carbons (Fsp3) is 0.412. The lowest BCUT2D eigenvalue weighted by atomic mass is 10.1. The number of carbonyl (C=O) groups excluding carboxylic acids is 1. The number of anilines is 1. The van der Waals surface area contributed by atoms with Gasteiger partial charge in [0.1, 0.15) is 0 Å². The van der Waals surface area contributed by atoms with Crippen LogP contribution in [-0.4, -0.2) is 35.3 Å². The molecule has 1 amide bonds. The van der Waals surface area contributed by atoms with E-state index < -0.39 is 0 Å². The average molecular weight is 367 g/mol. The molecule has 0 bridgehead atoms. The predicted octanol–water partition coefficient (Wildman–Crippen LogP) is 3.09. The Hall–Kier alpha value is -1.56. The van der Waals surface area contributed by atoms with E-state index in [0.717, 1.165) is 38.0 Å². The molecule has 128 valence electrons. The van der Waals surface area contributed by atoms with E-state index in [-0.39, 0.29) is 18.3 Å². The number of halogens is 2. The van der Waals surface area contributed by atoms with Gasteiger partial charge in [0, 0.05) is 30.0 Å². The minimum absolute atomic E-state index is 0. The zero-order valence-corrected chi connectivity index (χ0v) is 14.8. The lowest BCUT2D eigenvalue weighted by molar-refractivity contribution is 0.0983. The van der Waals surface area contributed by atoms with E-state index in [4.69, 9.17) is 11.6 Å². The highest BCUT2D eigenvalue weighted by atomic mass is 35.5. The summed E-state index contributed by atoms with van der Waals surface area (Å²) in [5.41, 5.74) is 2.58. The van der Waals surface area contributed by atoms with Crippen molar-refractivity contribution in [3.8, 4) is 0 Å². The van der Waals surface area contributed by atoms with Crippen LogP contribution >= 0.6 is 24.0 Å². The highest BCUT2D eigenvalue weighted by Crippen LogP contribution is 2.31. The Balaban J connectivity index is 0.00000169. The molecular weight excluding hydrogens is 347 g/mol. The van der Waals surface area contributed by atoms with Gasteiger partial charge < -0.3 is 10.2 Å². The number of nitrogens with one attached hydrogen (secondary N) is 1. The van der Waals surface area contributed by atoms with Crippen LogP contribution in [0.4, 0.5) is 5.69 Å². The topological polar surface area (TPSA) is 50.2 Å². The van der Waals surface area contributed by atoms with Crippen LogP contribution in [0.3, 0.4) is 0 Å². The summed E-state index contributed by atoms with van der Waals surface area (Å²) < 4.78 is 1.92. The first-order chi connectivity index (χ1) is 11.2. The fourth-order valence-electron chi connectivity index (χ4n) is 3.42. The third kappa shape index (κ3) is 3.16. The summed E-state index contributed by atoms with van der Waals surface area (Å²) in [4.78, 5) is 14.6. The molecule has 2 aliphatic rings. The van der Waals surface area contributed by atoms with E-state index in [1.807, 2.05) is 35.1 Å². The Morgan fingerprint density at radius 2 is 2.21 bits per heavy atom. The molecule has 3 heterocycles. The number of amides is 1. The van der Waals surface area contributed by atoms with Gasteiger partial charge in [0.2, 0.25) is 0 Å². The minimum Gasteiger partial charge on any atom is -0.315 e. The molecule has 7 heteroatoms. The van der Waals surface area contributed by atoms with Crippen molar-refractivity contribution < 1.29 is 4.79 Å². The van der Waals surface area contributed by atoms with Crippen molar-refractivity contribution in [3.05, 3.63) is 46.7 Å². The Kier molecular flexibility index (Phi) is 5.13. The average Bonchev–Trinajstić information content (AvgIpc) is 3.22. The van der Waals surface area contributed by atoms with Gasteiger partial charge in [-0.15, -0.1) is 12.4 Å². The van der Waals surface area contributed by atoms with E-state index in [9.17, 15) is 4.79 Å². The summed E-state index contributed by atoms with van der Waals surface area (Å²) in [6.07, 6.45) is 5.03. The molecular formula is C17H20Cl2N4O. The van der Waals surface area contributed by atoms with Gasteiger partial charge in [-0.2, -0.15) is 5.10 Å². The molecule has 0 radical (unpaired) electrons. The molecule has 1 saturated heterocycles. The first-order valence-electron chi connectivity index (χ1n) is 8.08. The number of fused-ring (bicyclic) bond motifs is 1. The molecule has 1 aromatic carbocycles. The summed E-state index contributed by atoms with van der Waals surface area (Å²) in [5, 5.41) is 8.56. The number of hydrogen-bond acceptors (Lipinski definition) is 3. The normalized spacial score (nSPS) is 19.7. The molecule has 1 N–H and O–H groups in total. The number of hydrogen-bond donors (Lipinski definition) is 1. The second-order valence-corrected chi connectivity index (χ2v) is 6.60. The van der Waals surface area contributed by atoms with Gasteiger partial charge in [-0.05, 0) is 49.6 Å². The summed E-state index contributed by atoms with van der Waals surface area (Å²) in [6, 6.07) is 7.89. The van der Waals surface area contributed by atoms with Gasteiger partial charge in [0.15, 0.2) is 5.69 Å². The third-order valence-electron chi connectivity index (χ3n) is 4.66. The Bertz CT molecular complexity index is 740. The van der Waals surface area contributed by atoms with Crippen molar-refractivity contribution in [1.29, 1.82) is 0 Å². The van der Waals surface area contributed by atoms with Crippen molar-refractivity contribution in [2.45, 2.75) is 25.3 Å². The zero-order valence-electron chi connectivity index (χ0n) is 13.2. The van der Waals surface area contributed by atoms with Crippen LogP contribution < -0.4 is 10.2 Å². The molecule has 1 aromatic heterocycles. The summed E-state index contributed by atoms with van der Waals surface area (Å²) >= 11 is 6.08. The van der Waals surface area contributed by atoms with Gasteiger partial charge >= 0.3 is 0 Å². The van der Waals surface area contributed by atoms with Crippen LogP contribution in [0.25, 0.3) is 0 Å². The van der Waals surface area contributed by atoms with Gasteiger partial charge in [0.25, 0.3) is 5.91 Å². The number of rotatable bonds is 2. The first kappa shape index (κ1) is 17.3. The van der Waals surface area contributed by atoms with Gasteiger partial charge in [-0.3, -0.25) is 9.48 Å². The van der Waals surface area contributed by atoms with Crippen LogP contribution in [0.5, 0.6) is 0 Å². The van der Waals surface area contributed by atoms with Crippen LogP contribution in [-0.2, 0) is 6.42 Å². The van der Waals surface area contributed by atoms with Crippen LogP contribution in [0.15, 0.2) is 30.5 Å². The number of piperidine rings is 1. The molecule has 4 rings (SSSR count). The summed E-state index contributed by atoms with van der Waals surface area (Å²) in [7, 11) is 0. The van der Waals surface area contributed by atoms with Gasteiger partial charge in [0.05, 0.1) is 6.04 Å². The molecule has 5 nitrogen and oxygen atoms in total. The lowest BCUT2D eigenvalue weighted by Crippen LogP contribution is -2.32. The summed E-state index contributed by atoms with van der Waals surface area (Å²) in [5.74, 6) is -0.0477. The number of benzene rings is 1. The van der Waals surface area contributed by atoms with Crippen molar-refractivity contribution in [3.63, 3.8) is 0 Å². The highest BCUT2D eigenvalue weighted by Gasteiger charge is 2.27. The van der Waals surface area contributed by atoms with Crippen LogP contribution in [0.2, 0.25) is 5.02 Å². The fourth-order valence-corrected chi connectivity index (χ4v) is 3.58. The van der Waals surface area contributed by atoms with E-state index in [1.54, 1.807) is 4.90 Å². The maximum atomic E-state index is 12.8. The van der Waals surface area contributed by atoms with E-state index in [1.165, 1.54) is 5.56 Å². The van der Waals surface area contributed by atoms with Crippen molar-refractivity contribution >= 4 is 35.6 Å². The monoisotopic (exact) mass is 366 g/mol. The zero-order chi connectivity index (χ0) is 15.8. The predicted molar refractivity (Wildman–Crippen MR) is 97.4 cm³/mol. The molecule has 2 aromatic rings. The highest BCUT2D eigenvalue weighted by molar-refractivity contribution is 6.31.